The van der Waals surface area contributed by atoms with Gasteiger partial charge in [-0.2, -0.15) is 0 Å². The Labute approximate surface area is 119 Å². The summed E-state index contributed by atoms with van der Waals surface area (Å²) in [5.41, 5.74) is 9.44. The highest BCUT2D eigenvalue weighted by Gasteiger charge is 2.27. The normalized spacial score (nSPS) is 17.7. The molecule has 2 aromatic rings. The number of ether oxygens (including phenoxy) is 1. The number of nitrogen functional groups attached to an aromatic ring is 1. The second kappa shape index (κ2) is 4.98. The molecule has 1 aromatic carbocycles. The number of hydrogen-bond donors (Lipinski definition) is 1. The second-order valence-electron chi connectivity index (χ2n) is 5.74. The number of likely N-dealkylation sites (N-methyl/N-ethyl adjacent to an activating group) is 1. The number of imidazole rings is 1. The zero-order chi connectivity index (χ0) is 14.3. The number of rotatable bonds is 4. The molecule has 20 heavy (non-hydrogen) atoms. The van der Waals surface area contributed by atoms with E-state index in [9.17, 15) is 0 Å². The molecule has 0 spiro atoms. The van der Waals surface area contributed by atoms with Crippen LogP contribution in [-0.4, -0.2) is 41.2 Å². The minimum Gasteiger partial charge on any atom is -0.488 e. The van der Waals surface area contributed by atoms with Crippen molar-refractivity contribution in [3.63, 3.8) is 0 Å². The van der Waals surface area contributed by atoms with Crippen molar-refractivity contribution >= 4 is 17.0 Å². The lowest BCUT2D eigenvalue weighted by molar-refractivity contribution is 0.184. The Morgan fingerprint density at radius 2 is 2.25 bits per heavy atom. The maximum absolute atomic E-state index is 6.05. The average Bonchev–Trinajstić information content (AvgIpc) is 2.90. The number of aryl methyl sites for hydroxylation is 1. The van der Waals surface area contributed by atoms with Gasteiger partial charge < -0.3 is 19.9 Å². The summed E-state index contributed by atoms with van der Waals surface area (Å²) in [4.78, 5) is 6.63. The van der Waals surface area contributed by atoms with Crippen LogP contribution in [0.1, 0.15) is 18.9 Å². The number of hydrogen-bond acceptors (Lipinski definition) is 4. The summed E-state index contributed by atoms with van der Waals surface area (Å²) < 4.78 is 8.17. The van der Waals surface area contributed by atoms with E-state index in [4.69, 9.17) is 10.5 Å². The van der Waals surface area contributed by atoms with Crippen molar-refractivity contribution in [2.24, 2.45) is 0 Å². The highest BCUT2D eigenvalue weighted by molar-refractivity contribution is 5.84. The fourth-order valence-electron chi connectivity index (χ4n) is 3.01. The smallest absolute Gasteiger partial charge is 0.201 e. The Kier molecular flexibility index (Phi) is 3.30. The van der Waals surface area contributed by atoms with Crippen LogP contribution in [0.3, 0.4) is 0 Å². The lowest BCUT2D eigenvalue weighted by Gasteiger charge is -2.15. The maximum Gasteiger partial charge on any atom is 0.201 e. The first kappa shape index (κ1) is 13.2. The van der Waals surface area contributed by atoms with Crippen molar-refractivity contribution in [3.05, 3.63) is 17.7 Å². The number of fused-ring (bicyclic) bond motifs is 3. The SMILES string of the molecule is CCCn1c(N)nc2ccc3c(c21)CC(CN(C)C)O3. The van der Waals surface area contributed by atoms with Gasteiger partial charge in [-0.15, -0.1) is 0 Å². The van der Waals surface area contributed by atoms with Gasteiger partial charge in [0, 0.05) is 25.1 Å². The van der Waals surface area contributed by atoms with E-state index < -0.39 is 0 Å². The first-order valence-electron chi connectivity index (χ1n) is 7.19. The Balaban J connectivity index is 2.04. The summed E-state index contributed by atoms with van der Waals surface area (Å²) >= 11 is 0. The van der Waals surface area contributed by atoms with Crippen LogP contribution in [0.4, 0.5) is 5.95 Å². The molecule has 0 aliphatic carbocycles. The second-order valence-corrected chi connectivity index (χ2v) is 5.74. The van der Waals surface area contributed by atoms with Gasteiger partial charge in [0.05, 0.1) is 11.0 Å². The van der Waals surface area contributed by atoms with E-state index in [-0.39, 0.29) is 6.10 Å². The largest absolute Gasteiger partial charge is 0.488 e. The Morgan fingerprint density at radius 3 is 2.95 bits per heavy atom. The van der Waals surface area contributed by atoms with E-state index in [0.717, 1.165) is 42.7 Å². The summed E-state index contributed by atoms with van der Waals surface area (Å²) in [7, 11) is 4.14. The predicted molar refractivity (Wildman–Crippen MR) is 81.1 cm³/mol. The third kappa shape index (κ3) is 2.12. The third-order valence-corrected chi connectivity index (χ3v) is 3.74. The van der Waals surface area contributed by atoms with Crippen molar-refractivity contribution in [1.29, 1.82) is 0 Å². The third-order valence-electron chi connectivity index (χ3n) is 3.74. The fourth-order valence-corrected chi connectivity index (χ4v) is 3.01. The van der Waals surface area contributed by atoms with Crippen LogP contribution in [0.2, 0.25) is 0 Å². The predicted octanol–water partition coefficient (Wildman–Crippen LogP) is 1.89. The number of benzene rings is 1. The molecular formula is C15H22N4O. The fraction of sp³-hybridized carbons (Fsp3) is 0.533. The molecule has 108 valence electrons. The van der Waals surface area contributed by atoms with Crippen LogP contribution in [0.15, 0.2) is 12.1 Å². The van der Waals surface area contributed by atoms with Crippen molar-refractivity contribution < 1.29 is 4.74 Å². The molecule has 3 rings (SSSR count). The van der Waals surface area contributed by atoms with Crippen molar-refractivity contribution in [2.45, 2.75) is 32.4 Å². The van der Waals surface area contributed by atoms with Crippen LogP contribution in [0.25, 0.3) is 11.0 Å². The molecule has 0 saturated carbocycles. The van der Waals surface area contributed by atoms with E-state index in [0.29, 0.717) is 5.95 Å². The van der Waals surface area contributed by atoms with Gasteiger partial charge in [0.15, 0.2) is 0 Å². The van der Waals surface area contributed by atoms with Gasteiger partial charge in [0.1, 0.15) is 11.9 Å². The lowest BCUT2D eigenvalue weighted by Crippen LogP contribution is -2.29. The van der Waals surface area contributed by atoms with Gasteiger partial charge >= 0.3 is 0 Å². The molecule has 0 radical (unpaired) electrons. The van der Waals surface area contributed by atoms with Crippen LogP contribution in [0.5, 0.6) is 5.75 Å². The molecule has 0 fully saturated rings. The van der Waals surface area contributed by atoms with E-state index in [1.165, 1.54) is 5.56 Å². The molecule has 0 bridgehead atoms. The first-order valence-corrected chi connectivity index (χ1v) is 7.19. The zero-order valence-electron chi connectivity index (χ0n) is 12.4. The maximum atomic E-state index is 6.05. The van der Waals surface area contributed by atoms with Gasteiger partial charge in [-0.1, -0.05) is 6.92 Å². The molecule has 1 aliphatic rings. The van der Waals surface area contributed by atoms with Gasteiger partial charge in [0.25, 0.3) is 0 Å². The quantitative estimate of drug-likeness (QED) is 0.925. The summed E-state index contributed by atoms with van der Waals surface area (Å²) in [6.45, 7) is 3.98. The summed E-state index contributed by atoms with van der Waals surface area (Å²) in [5.74, 6) is 1.59. The van der Waals surface area contributed by atoms with Gasteiger partial charge in [0.2, 0.25) is 5.95 Å². The Morgan fingerprint density at radius 1 is 1.45 bits per heavy atom. The monoisotopic (exact) mass is 274 g/mol. The number of nitrogens with zero attached hydrogens (tertiary/aromatic N) is 3. The standard InChI is InChI=1S/C15H22N4O/c1-4-7-19-14-11-8-10(9-18(2)3)20-13(11)6-5-12(14)17-15(19)16/h5-6,10H,4,7-9H2,1-3H3,(H2,16,17). The number of aromatic nitrogens is 2. The molecule has 0 saturated heterocycles. The van der Waals surface area contributed by atoms with Crippen LogP contribution in [0, 0.1) is 0 Å². The number of nitrogens with two attached hydrogens (primary N) is 1. The molecule has 1 atom stereocenters. The first-order chi connectivity index (χ1) is 9.60. The molecule has 5 heteroatoms. The highest BCUT2D eigenvalue weighted by atomic mass is 16.5. The van der Waals surface area contributed by atoms with E-state index in [1.54, 1.807) is 0 Å². The molecular weight excluding hydrogens is 252 g/mol. The van der Waals surface area contributed by atoms with Gasteiger partial charge in [-0.3, -0.25) is 0 Å². The zero-order valence-corrected chi connectivity index (χ0v) is 12.4. The minimum atomic E-state index is 0.219. The highest BCUT2D eigenvalue weighted by Crippen LogP contribution is 2.36. The molecule has 1 aliphatic heterocycles. The van der Waals surface area contributed by atoms with Crippen LogP contribution >= 0.6 is 0 Å². The molecule has 1 aromatic heterocycles. The van der Waals surface area contributed by atoms with Crippen LogP contribution < -0.4 is 10.5 Å². The van der Waals surface area contributed by atoms with Crippen LogP contribution in [-0.2, 0) is 13.0 Å². The van der Waals surface area contributed by atoms with Crippen molar-refractivity contribution in [1.82, 2.24) is 14.5 Å². The summed E-state index contributed by atoms with van der Waals surface area (Å²) in [5, 5.41) is 0. The molecule has 0 amide bonds. The minimum absolute atomic E-state index is 0.219. The molecule has 5 nitrogen and oxygen atoms in total. The van der Waals surface area contributed by atoms with Crippen molar-refractivity contribution in [3.8, 4) is 5.75 Å². The topological polar surface area (TPSA) is 56.3 Å². The van der Waals surface area contributed by atoms with E-state index >= 15 is 0 Å². The Bertz CT molecular complexity index is 632. The van der Waals surface area contributed by atoms with E-state index in [1.807, 2.05) is 12.1 Å². The summed E-state index contributed by atoms with van der Waals surface area (Å²) in [6.07, 6.45) is 2.19. The van der Waals surface area contributed by atoms with Gasteiger partial charge in [-0.05, 0) is 32.6 Å². The van der Waals surface area contributed by atoms with Gasteiger partial charge in [-0.25, -0.2) is 4.98 Å². The number of anilines is 1. The average molecular weight is 274 g/mol. The Hall–Kier alpha value is -1.75. The molecule has 2 heterocycles. The molecule has 2 N–H and O–H groups in total. The summed E-state index contributed by atoms with van der Waals surface area (Å²) in [6, 6.07) is 4.03. The molecule has 1 unspecified atom stereocenters. The van der Waals surface area contributed by atoms with Crippen molar-refractivity contribution in [2.75, 3.05) is 26.4 Å². The van der Waals surface area contributed by atoms with E-state index in [2.05, 4.69) is 35.5 Å². The lowest BCUT2D eigenvalue weighted by atomic mass is 10.1.